The second-order valence-electron chi connectivity index (χ2n) is 26.7. The SMILES string of the molecule is C.CC(C)[C@@H](CS(=O)(=O)C(C)C)N1C(=O)[C@@](C)(CC(=O)CS(=N)(=O)C2CC2)C[C@H](c2cccc(Cl)c2)[C@H]1c1ccc(Cl)cc1.CC(C)[C@@H](CS(=O)(=O)C(C)C)N1C(=O)[C@@](C)(CC(=O)O)C[C@H](c2cccc(Cl)c2)[C@H]1c1ccc(Cl)cc1.N=S(N)(=O)C1CC1.O=C(O)C(F)(F)F. The van der Waals surface area contributed by atoms with Gasteiger partial charge in [-0.15, -0.1) is 0 Å². The number of hydrogen-bond acceptors (Lipinski definition) is 13. The number of hydrogen-bond donors (Lipinski definition) is 5. The molecule has 2 unspecified atom stereocenters. The molecule has 0 aromatic heterocycles. The van der Waals surface area contributed by atoms with Gasteiger partial charge in [-0.1, -0.05) is 144 Å². The number of nitrogens with one attached hydrogen (secondary N) is 2. The fourth-order valence-electron chi connectivity index (χ4n) is 11.9. The lowest BCUT2D eigenvalue weighted by molar-refractivity contribution is -0.192. The largest absolute Gasteiger partial charge is 0.490 e. The predicted octanol–water partition coefficient (Wildman–Crippen LogP) is 14.8. The Morgan fingerprint density at radius 3 is 1.18 bits per heavy atom. The van der Waals surface area contributed by atoms with Crippen LogP contribution in [0.1, 0.15) is 174 Å². The molecule has 4 aromatic rings. The average molecular weight is 1490 g/mol. The van der Waals surface area contributed by atoms with Gasteiger partial charge in [0.2, 0.25) is 11.8 Å². The van der Waals surface area contributed by atoms with Crippen LogP contribution in [0.5, 0.6) is 0 Å². The number of carbonyl (C=O) groups is 5. The molecule has 2 saturated carbocycles. The number of Topliss-reactive ketones (excluding diaryl/α,β-unsaturated/α-hetero) is 1. The first-order valence-electron chi connectivity index (χ1n) is 30.6. The monoisotopic (exact) mass is 1490 g/mol. The highest BCUT2D eigenvalue weighted by molar-refractivity contribution is 7.94. The summed E-state index contributed by atoms with van der Waals surface area (Å²) in [5.74, 6) is -6.83. The molecule has 2 saturated heterocycles. The maximum atomic E-state index is 14.8. The zero-order valence-electron chi connectivity index (χ0n) is 54.1. The van der Waals surface area contributed by atoms with Crippen molar-refractivity contribution in [1.82, 2.24) is 9.80 Å². The van der Waals surface area contributed by atoms with E-state index in [2.05, 4.69) is 0 Å². The van der Waals surface area contributed by atoms with Crippen molar-refractivity contribution in [3.05, 3.63) is 139 Å². The Hall–Kier alpha value is -4.86. The number of sulfone groups is 2. The van der Waals surface area contributed by atoms with Crippen molar-refractivity contribution in [3.8, 4) is 0 Å². The average Bonchev–Trinajstić information content (AvgIpc) is 0.873. The van der Waals surface area contributed by atoms with Crippen molar-refractivity contribution >= 4 is 115 Å². The topological polar surface area (TPSA) is 308 Å². The van der Waals surface area contributed by atoms with E-state index < -0.39 is 103 Å². The highest BCUT2D eigenvalue weighted by Gasteiger charge is 2.56. The maximum Gasteiger partial charge on any atom is 0.490 e. The standard InChI is InChI=1S/C32H42Cl2N2O5S2.C28H35Cl2NO5S.C3H8N2OS.C2HF3O2.CH4/c1-20(2)29(19-43(40,41)21(3)4)36-30(22-9-11-24(33)12-10-22)28(23-7-6-8-25(34)15-23)17-32(5,31(36)38)16-26(37)18-42(35,39)27-13-14-27;1-17(2)24(16-37(35,36)18(3)4)31-26(19-9-11-21(29)12-10-19)23(20-7-6-8-22(30)13-20)14-28(5,27(31)34)15-25(32)33;4-7(5,6)3-1-2-3;3-2(4,5)1(6)7;/h6-12,15,20-21,27-30,35H,13-14,16-19H2,1-5H3;6-13,17-18,23-24,26H,14-16H2,1-5H3,(H,32,33);3H,1-2H2,(H3,4,5,6);(H,6,7);1H4/t28-,29-,30-,32+,42?;23-,24-,26-,28-;;;/m11.../s1. The molecule has 8 rings (SSSR count). The van der Waals surface area contributed by atoms with Gasteiger partial charge in [-0.3, -0.25) is 24.0 Å². The Kier molecular flexibility index (Phi) is 28.6. The summed E-state index contributed by atoms with van der Waals surface area (Å²) < 4.78 is 123. The van der Waals surface area contributed by atoms with Gasteiger partial charge in [0, 0.05) is 55.7 Å². The van der Waals surface area contributed by atoms with Crippen LogP contribution in [0.3, 0.4) is 0 Å². The van der Waals surface area contributed by atoms with E-state index in [-0.39, 0.29) is 102 Å². The number of carbonyl (C=O) groups excluding carboxylic acids is 3. The summed E-state index contributed by atoms with van der Waals surface area (Å²) in [5, 5.41) is 22.4. The zero-order valence-corrected chi connectivity index (χ0v) is 60.4. The molecule has 95 heavy (non-hydrogen) atoms. The summed E-state index contributed by atoms with van der Waals surface area (Å²) >= 11 is 25.3. The molecular formula is C66H90Cl4F3N5O13S4. The number of alkyl halides is 3. The van der Waals surface area contributed by atoms with Crippen molar-refractivity contribution in [2.75, 3.05) is 17.3 Å². The van der Waals surface area contributed by atoms with Crippen LogP contribution in [0.15, 0.2) is 97.1 Å². The molecule has 0 bridgehead atoms. The van der Waals surface area contributed by atoms with Gasteiger partial charge in [-0.2, -0.15) is 13.2 Å². The molecule has 18 nitrogen and oxygen atoms in total. The second-order valence-corrected chi connectivity index (χ2v) is 38.0. The molecular weight excluding hydrogens is 1400 g/mol. The van der Waals surface area contributed by atoms with Crippen LogP contribution in [-0.2, 0) is 63.3 Å². The van der Waals surface area contributed by atoms with Gasteiger partial charge in [0.05, 0.1) is 72.1 Å². The van der Waals surface area contributed by atoms with E-state index >= 15 is 0 Å². The third kappa shape index (κ3) is 22.3. The molecule has 2 aliphatic carbocycles. The van der Waals surface area contributed by atoms with Crippen molar-refractivity contribution in [2.45, 2.75) is 191 Å². The molecule has 4 aliphatic rings. The van der Waals surface area contributed by atoms with Gasteiger partial charge < -0.3 is 20.0 Å². The van der Waals surface area contributed by atoms with E-state index in [1.54, 1.807) is 87.7 Å². The first-order valence-corrected chi connectivity index (χ1v) is 39.0. The van der Waals surface area contributed by atoms with Crippen LogP contribution >= 0.6 is 46.4 Å². The van der Waals surface area contributed by atoms with E-state index in [1.165, 1.54) is 0 Å². The summed E-state index contributed by atoms with van der Waals surface area (Å²) in [4.78, 5) is 66.7. The van der Waals surface area contributed by atoms with Gasteiger partial charge >= 0.3 is 18.1 Å². The summed E-state index contributed by atoms with van der Waals surface area (Å²) in [6, 6.07) is 26.7. The quantitative estimate of drug-likeness (QED) is 0.0489. The fraction of sp³-hybridized carbons (Fsp3) is 0.561. The van der Waals surface area contributed by atoms with Crippen molar-refractivity contribution < 1.29 is 72.6 Å². The Labute approximate surface area is 578 Å². The Morgan fingerprint density at radius 2 is 0.916 bits per heavy atom. The van der Waals surface area contributed by atoms with E-state index in [1.807, 2.05) is 88.4 Å². The maximum absolute atomic E-state index is 14.8. The minimum atomic E-state index is -5.08. The van der Waals surface area contributed by atoms with Gasteiger partial charge in [0.1, 0.15) is 15.7 Å². The highest BCUT2D eigenvalue weighted by Crippen LogP contribution is 2.55. The lowest BCUT2D eigenvalue weighted by Gasteiger charge is -2.53. The number of benzene rings is 4. The van der Waals surface area contributed by atoms with Gasteiger partial charge in [-0.25, -0.2) is 40.0 Å². The highest BCUT2D eigenvalue weighted by atomic mass is 35.5. The molecule has 2 amide bonds. The third-order valence-electron chi connectivity index (χ3n) is 17.5. The number of aliphatic carboxylic acids is 2. The van der Waals surface area contributed by atoms with Crippen LogP contribution in [0.4, 0.5) is 13.2 Å². The molecule has 0 radical (unpaired) electrons. The minimum absolute atomic E-state index is 0. The van der Waals surface area contributed by atoms with Gasteiger partial charge in [0.15, 0.2) is 19.7 Å². The molecule has 4 aromatic carbocycles. The molecule has 2 heterocycles. The number of carboxylic acids is 2. The van der Waals surface area contributed by atoms with Crippen molar-refractivity contribution in [3.63, 3.8) is 0 Å². The number of amides is 2. The van der Waals surface area contributed by atoms with Crippen molar-refractivity contribution in [1.29, 1.82) is 9.56 Å². The summed E-state index contributed by atoms with van der Waals surface area (Å²) in [6.07, 6.45) is -1.95. The molecule has 10 atom stereocenters. The Bertz CT molecular complexity index is 3840. The van der Waals surface area contributed by atoms with Gasteiger partial charge in [0.25, 0.3) is 0 Å². The Morgan fingerprint density at radius 1 is 0.579 bits per heavy atom. The number of rotatable bonds is 22. The number of likely N-dealkylation sites (tertiary alicyclic amines) is 2. The summed E-state index contributed by atoms with van der Waals surface area (Å²) in [6.45, 7) is 17.5. The molecule has 6 N–H and O–H groups in total. The number of carboxylic acid groups (broad SMARTS) is 2. The molecule has 4 fully saturated rings. The van der Waals surface area contributed by atoms with Crippen molar-refractivity contribution in [2.24, 2.45) is 27.8 Å². The van der Waals surface area contributed by atoms with E-state index in [9.17, 15) is 62.7 Å². The third-order valence-corrected chi connectivity index (χ3v) is 26.7. The molecule has 2 aliphatic heterocycles. The second kappa shape index (κ2) is 32.9. The van der Waals surface area contributed by atoms with Gasteiger partial charge in [-0.05, 0) is 149 Å². The number of nitrogens with two attached hydrogens (primary N) is 1. The van der Waals surface area contributed by atoms with E-state index in [4.69, 9.17) is 71.0 Å². The smallest absolute Gasteiger partial charge is 0.481 e. The molecule has 0 spiro atoms. The first-order chi connectivity index (χ1) is 43.2. The number of ketones is 1. The number of halogens is 7. The predicted molar refractivity (Wildman–Crippen MR) is 370 cm³/mol. The Balaban J connectivity index is 0.000000334. The van der Waals surface area contributed by atoms with E-state index in [0.29, 0.717) is 32.9 Å². The zero-order chi connectivity index (χ0) is 71.2. The number of piperidine rings is 2. The summed E-state index contributed by atoms with van der Waals surface area (Å²) in [5.41, 5.74) is 0.854. The molecule has 29 heteroatoms. The van der Waals surface area contributed by atoms with Crippen LogP contribution < -0.4 is 5.14 Å². The van der Waals surface area contributed by atoms with Crippen LogP contribution in [0.25, 0.3) is 0 Å². The van der Waals surface area contributed by atoms with Crippen LogP contribution in [0, 0.1) is 32.2 Å². The fourth-order valence-corrected chi connectivity index (χ4v) is 17.9. The summed E-state index contributed by atoms with van der Waals surface area (Å²) in [7, 11) is -12.8. The lowest BCUT2D eigenvalue weighted by Crippen LogP contribution is -2.59. The number of nitrogens with zero attached hydrogens (tertiary/aromatic N) is 2. The van der Waals surface area contributed by atoms with Crippen LogP contribution in [0.2, 0.25) is 20.1 Å². The first kappa shape index (κ1) is 82.6. The normalized spacial score (nSPS) is 23.5. The minimum Gasteiger partial charge on any atom is -0.481 e. The lowest BCUT2D eigenvalue weighted by atomic mass is 9.66. The van der Waals surface area contributed by atoms with E-state index in [0.717, 1.165) is 35.1 Å². The molecule has 530 valence electrons. The van der Waals surface area contributed by atoms with Crippen LogP contribution in [-0.4, -0.2) is 131 Å².